The highest BCUT2D eigenvalue weighted by Crippen LogP contribution is 2.35. The van der Waals surface area contributed by atoms with Gasteiger partial charge in [0.05, 0.1) is 6.04 Å². The third-order valence-corrected chi connectivity index (χ3v) is 5.02. The molecule has 0 radical (unpaired) electrons. The zero-order valence-electron chi connectivity index (χ0n) is 14.3. The van der Waals surface area contributed by atoms with Gasteiger partial charge in [0.25, 0.3) is 0 Å². The van der Waals surface area contributed by atoms with E-state index >= 15 is 0 Å². The summed E-state index contributed by atoms with van der Waals surface area (Å²) in [7, 11) is 0. The van der Waals surface area contributed by atoms with Crippen LogP contribution >= 0.6 is 15.9 Å². The van der Waals surface area contributed by atoms with Crippen molar-refractivity contribution in [2.75, 3.05) is 0 Å². The van der Waals surface area contributed by atoms with Gasteiger partial charge < -0.3 is 10.6 Å². The molecule has 4 rings (SSSR count). The van der Waals surface area contributed by atoms with Crippen LogP contribution in [-0.2, 0) is 6.54 Å². The van der Waals surface area contributed by atoms with E-state index in [4.69, 9.17) is 4.99 Å². The van der Waals surface area contributed by atoms with Crippen LogP contribution in [0.4, 0.5) is 0 Å². The molecule has 3 nitrogen and oxygen atoms in total. The third kappa shape index (κ3) is 3.81. The number of hydrogen-bond acceptors (Lipinski definition) is 3. The molecule has 0 saturated heterocycles. The number of halogens is 1. The van der Waals surface area contributed by atoms with Crippen LogP contribution in [-0.4, -0.2) is 5.96 Å². The normalized spacial score (nSPS) is 18.9. The number of aliphatic imine (C=N–C) groups is 1. The number of hydrogen-bond donors (Lipinski definition) is 2. The van der Waals surface area contributed by atoms with Gasteiger partial charge in [0.15, 0.2) is 5.96 Å². The molecule has 130 valence electrons. The quantitative estimate of drug-likeness (QED) is 0.641. The van der Waals surface area contributed by atoms with Gasteiger partial charge >= 0.3 is 0 Å². The average molecular weight is 406 g/mol. The summed E-state index contributed by atoms with van der Waals surface area (Å²) < 4.78 is 1.09. The number of rotatable bonds is 4. The van der Waals surface area contributed by atoms with E-state index in [0.717, 1.165) is 17.0 Å². The van der Waals surface area contributed by atoms with Gasteiger partial charge in [0.2, 0.25) is 0 Å². The van der Waals surface area contributed by atoms with E-state index in [9.17, 15) is 0 Å². The van der Waals surface area contributed by atoms with Crippen LogP contribution in [0.1, 0.15) is 28.8 Å². The second kappa shape index (κ2) is 7.75. The van der Waals surface area contributed by atoms with E-state index in [2.05, 4.69) is 87.2 Å². The molecule has 0 aliphatic carbocycles. The third-order valence-electron chi connectivity index (χ3n) is 4.52. The van der Waals surface area contributed by atoms with Crippen LogP contribution in [0.2, 0.25) is 0 Å². The van der Waals surface area contributed by atoms with Crippen molar-refractivity contribution in [1.29, 1.82) is 0 Å². The van der Waals surface area contributed by atoms with E-state index < -0.39 is 0 Å². The smallest absolute Gasteiger partial charge is 0.192 e. The van der Waals surface area contributed by atoms with E-state index in [1.807, 2.05) is 24.3 Å². The molecule has 3 aromatic rings. The van der Waals surface area contributed by atoms with Gasteiger partial charge in [-0.15, -0.1) is 0 Å². The number of nitrogens with zero attached hydrogens (tertiary/aromatic N) is 1. The molecular weight excluding hydrogens is 386 g/mol. The maximum absolute atomic E-state index is 4.94. The van der Waals surface area contributed by atoms with Gasteiger partial charge in [-0.3, -0.25) is 0 Å². The molecule has 2 atom stereocenters. The Hall–Kier alpha value is -2.59. The fourth-order valence-corrected chi connectivity index (χ4v) is 3.70. The first-order valence-corrected chi connectivity index (χ1v) is 9.51. The summed E-state index contributed by atoms with van der Waals surface area (Å²) in [5.74, 6) is 0.840. The molecular formula is C22H20BrN3. The van der Waals surface area contributed by atoms with Crippen molar-refractivity contribution in [1.82, 2.24) is 10.6 Å². The lowest BCUT2D eigenvalue weighted by Gasteiger charge is -2.19. The number of benzene rings is 3. The van der Waals surface area contributed by atoms with Crippen molar-refractivity contribution in [2.24, 2.45) is 4.99 Å². The summed E-state index contributed by atoms with van der Waals surface area (Å²) in [6.07, 6.45) is 0. The van der Waals surface area contributed by atoms with Crippen molar-refractivity contribution in [3.05, 3.63) is 106 Å². The zero-order chi connectivity index (χ0) is 17.8. The van der Waals surface area contributed by atoms with Crippen LogP contribution in [0.15, 0.2) is 94.4 Å². The van der Waals surface area contributed by atoms with Crippen molar-refractivity contribution >= 4 is 21.9 Å². The lowest BCUT2D eigenvalue weighted by molar-refractivity contribution is 0.570. The van der Waals surface area contributed by atoms with Crippen LogP contribution in [0.5, 0.6) is 0 Å². The minimum atomic E-state index is 0.0589. The second-order valence-corrected chi connectivity index (χ2v) is 7.27. The molecule has 2 unspecified atom stereocenters. The minimum Gasteiger partial charge on any atom is -0.352 e. The molecule has 0 saturated carbocycles. The van der Waals surface area contributed by atoms with Gasteiger partial charge in [-0.25, -0.2) is 4.99 Å². The Morgan fingerprint density at radius 2 is 1.54 bits per heavy atom. The highest BCUT2D eigenvalue weighted by molar-refractivity contribution is 9.10. The Morgan fingerprint density at radius 1 is 0.846 bits per heavy atom. The molecule has 0 spiro atoms. The van der Waals surface area contributed by atoms with E-state index in [1.54, 1.807) is 0 Å². The monoisotopic (exact) mass is 405 g/mol. The molecule has 0 aromatic heterocycles. The molecule has 26 heavy (non-hydrogen) atoms. The molecule has 4 heteroatoms. The maximum atomic E-state index is 4.94. The van der Waals surface area contributed by atoms with Gasteiger partial charge in [0, 0.05) is 11.0 Å². The highest BCUT2D eigenvalue weighted by atomic mass is 79.9. The van der Waals surface area contributed by atoms with Gasteiger partial charge in [-0.05, 0) is 28.8 Å². The minimum absolute atomic E-state index is 0.0589. The lowest BCUT2D eigenvalue weighted by atomic mass is 9.95. The zero-order valence-corrected chi connectivity index (χ0v) is 15.9. The van der Waals surface area contributed by atoms with E-state index in [1.165, 1.54) is 16.7 Å². The first-order chi connectivity index (χ1) is 12.8. The molecule has 1 aliphatic heterocycles. The molecule has 2 N–H and O–H groups in total. The van der Waals surface area contributed by atoms with Crippen LogP contribution < -0.4 is 10.6 Å². The summed E-state index contributed by atoms with van der Waals surface area (Å²) in [6, 6.07) is 29.5. The number of nitrogens with one attached hydrogen (secondary N) is 2. The van der Waals surface area contributed by atoms with Gasteiger partial charge in [0.1, 0.15) is 6.04 Å². The summed E-state index contributed by atoms with van der Waals surface area (Å²) in [5.41, 5.74) is 3.67. The Kier molecular flexibility index (Phi) is 5.02. The first kappa shape index (κ1) is 16.9. The van der Waals surface area contributed by atoms with Crippen molar-refractivity contribution in [3.63, 3.8) is 0 Å². The molecule has 3 aromatic carbocycles. The maximum Gasteiger partial charge on any atom is 0.192 e. The SMILES string of the molecule is Brc1cccc(CNC2=NC(c3ccccc3)C(c3ccccc3)N2)c1. The Balaban J connectivity index is 1.56. The molecule has 0 fully saturated rings. The molecule has 1 heterocycles. The molecule has 0 bridgehead atoms. The Labute approximate surface area is 162 Å². The Morgan fingerprint density at radius 3 is 2.23 bits per heavy atom. The van der Waals surface area contributed by atoms with Gasteiger partial charge in [-0.2, -0.15) is 0 Å². The second-order valence-electron chi connectivity index (χ2n) is 6.35. The van der Waals surface area contributed by atoms with Crippen molar-refractivity contribution < 1.29 is 0 Å². The predicted molar refractivity (Wildman–Crippen MR) is 110 cm³/mol. The predicted octanol–water partition coefficient (Wildman–Crippen LogP) is 4.98. The average Bonchev–Trinajstić information content (AvgIpc) is 3.12. The fourth-order valence-electron chi connectivity index (χ4n) is 3.25. The molecule has 1 aliphatic rings. The van der Waals surface area contributed by atoms with E-state index in [-0.39, 0.29) is 12.1 Å². The largest absolute Gasteiger partial charge is 0.352 e. The summed E-state index contributed by atoms with van der Waals surface area (Å²) >= 11 is 3.52. The van der Waals surface area contributed by atoms with Crippen LogP contribution in [0.3, 0.4) is 0 Å². The number of guanidine groups is 1. The highest BCUT2D eigenvalue weighted by Gasteiger charge is 2.30. The summed E-state index contributed by atoms with van der Waals surface area (Å²) in [5, 5.41) is 7.01. The van der Waals surface area contributed by atoms with Gasteiger partial charge in [-0.1, -0.05) is 88.7 Å². The van der Waals surface area contributed by atoms with Crippen LogP contribution in [0.25, 0.3) is 0 Å². The Bertz CT molecular complexity index is 894. The first-order valence-electron chi connectivity index (χ1n) is 8.72. The van der Waals surface area contributed by atoms with Crippen molar-refractivity contribution in [2.45, 2.75) is 18.6 Å². The standard InChI is InChI=1S/C22H20BrN3/c23-19-13-7-8-16(14-19)15-24-22-25-20(17-9-3-1-4-10-17)21(26-22)18-11-5-2-6-12-18/h1-14,20-21H,15H2,(H2,24,25,26). The fraction of sp³-hybridized carbons (Fsp3) is 0.136. The lowest BCUT2D eigenvalue weighted by Crippen LogP contribution is -2.35. The molecule has 0 amide bonds. The summed E-state index contributed by atoms with van der Waals surface area (Å²) in [6.45, 7) is 0.730. The topological polar surface area (TPSA) is 36.4 Å². The van der Waals surface area contributed by atoms with E-state index in [0.29, 0.717) is 0 Å². The van der Waals surface area contributed by atoms with Crippen molar-refractivity contribution in [3.8, 4) is 0 Å². The summed E-state index contributed by atoms with van der Waals surface area (Å²) in [4.78, 5) is 4.94. The van der Waals surface area contributed by atoms with Crippen LogP contribution in [0, 0.1) is 0 Å².